The van der Waals surface area contributed by atoms with Crippen molar-refractivity contribution in [1.82, 2.24) is 0 Å². The SMILES string of the molecule is NC(=O)OC1COC2OCC(OCc3ccccc3)C12. The highest BCUT2D eigenvalue weighted by Crippen LogP contribution is 2.35. The minimum atomic E-state index is -0.798. The summed E-state index contributed by atoms with van der Waals surface area (Å²) in [6.45, 7) is 1.21. The molecule has 108 valence electrons. The number of amides is 1. The van der Waals surface area contributed by atoms with Crippen LogP contribution in [0.2, 0.25) is 0 Å². The van der Waals surface area contributed by atoms with Crippen molar-refractivity contribution in [1.29, 1.82) is 0 Å². The van der Waals surface area contributed by atoms with Crippen molar-refractivity contribution in [3.63, 3.8) is 0 Å². The largest absolute Gasteiger partial charge is 0.443 e. The average molecular weight is 279 g/mol. The maximum absolute atomic E-state index is 10.9. The summed E-state index contributed by atoms with van der Waals surface area (Å²) in [5.74, 6) is -0.119. The molecule has 0 radical (unpaired) electrons. The topological polar surface area (TPSA) is 80.0 Å². The Morgan fingerprint density at radius 2 is 1.90 bits per heavy atom. The van der Waals surface area contributed by atoms with Crippen molar-refractivity contribution in [2.75, 3.05) is 13.2 Å². The summed E-state index contributed by atoms with van der Waals surface area (Å²) in [6, 6.07) is 9.88. The number of ether oxygens (including phenoxy) is 4. The Labute approximate surface area is 116 Å². The van der Waals surface area contributed by atoms with Crippen LogP contribution in [0, 0.1) is 5.92 Å². The van der Waals surface area contributed by atoms with Crippen molar-refractivity contribution in [3.8, 4) is 0 Å². The van der Waals surface area contributed by atoms with Gasteiger partial charge in [-0.2, -0.15) is 0 Å². The molecule has 0 bridgehead atoms. The standard InChI is InChI=1S/C14H17NO5/c15-14(16)20-11-8-19-13-12(11)10(7-18-13)17-6-9-4-2-1-3-5-9/h1-5,10-13H,6-8H2,(H2,15,16). The normalized spacial score (nSPS) is 32.0. The summed E-state index contributed by atoms with van der Waals surface area (Å²) in [5, 5.41) is 0. The van der Waals surface area contributed by atoms with Crippen molar-refractivity contribution in [2.45, 2.75) is 25.1 Å². The third kappa shape index (κ3) is 2.77. The van der Waals surface area contributed by atoms with Crippen molar-refractivity contribution >= 4 is 6.09 Å². The lowest BCUT2D eigenvalue weighted by Gasteiger charge is -2.21. The van der Waals surface area contributed by atoms with Gasteiger partial charge in [-0.15, -0.1) is 0 Å². The van der Waals surface area contributed by atoms with E-state index in [2.05, 4.69) is 0 Å². The number of carbonyl (C=O) groups is 1. The van der Waals surface area contributed by atoms with E-state index in [9.17, 15) is 4.79 Å². The number of primary amides is 1. The van der Waals surface area contributed by atoms with Gasteiger partial charge in [0.15, 0.2) is 6.29 Å². The Morgan fingerprint density at radius 1 is 1.20 bits per heavy atom. The van der Waals surface area contributed by atoms with Gasteiger partial charge in [-0.05, 0) is 5.56 Å². The van der Waals surface area contributed by atoms with E-state index in [1.807, 2.05) is 30.3 Å². The highest BCUT2D eigenvalue weighted by atomic mass is 16.7. The first-order chi connectivity index (χ1) is 9.74. The molecular formula is C14H17NO5. The first-order valence-corrected chi connectivity index (χ1v) is 6.59. The van der Waals surface area contributed by atoms with Gasteiger partial charge in [0.25, 0.3) is 0 Å². The van der Waals surface area contributed by atoms with Crippen LogP contribution in [0.4, 0.5) is 4.79 Å². The zero-order valence-corrected chi connectivity index (χ0v) is 10.9. The highest BCUT2D eigenvalue weighted by molar-refractivity contribution is 5.64. The second-order valence-corrected chi connectivity index (χ2v) is 4.92. The van der Waals surface area contributed by atoms with Crippen LogP contribution in [0.5, 0.6) is 0 Å². The zero-order chi connectivity index (χ0) is 13.9. The molecule has 0 aromatic heterocycles. The van der Waals surface area contributed by atoms with Crippen molar-refractivity contribution < 1.29 is 23.7 Å². The minimum Gasteiger partial charge on any atom is -0.443 e. The van der Waals surface area contributed by atoms with E-state index in [-0.39, 0.29) is 18.3 Å². The summed E-state index contributed by atoms with van der Waals surface area (Å²) in [5.41, 5.74) is 6.15. The second-order valence-electron chi connectivity index (χ2n) is 4.92. The first kappa shape index (κ1) is 13.4. The molecule has 1 aromatic carbocycles. The predicted molar refractivity (Wildman–Crippen MR) is 68.7 cm³/mol. The summed E-state index contributed by atoms with van der Waals surface area (Å²) < 4.78 is 21.9. The highest BCUT2D eigenvalue weighted by Gasteiger charge is 2.50. The van der Waals surface area contributed by atoms with Crippen LogP contribution in [-0.2, 0) is 25.6 Å². The first-order valence-electron chi connectivity index (χ1n) is 6.59. The number of nitrogens with two attached hydrogens (primary N) is 1. The van der Waals surface area contributed by atoms with Crippen LogP contribution in [0.25, 0.3) is 0 Å². The number of hydrogen-bond donors (Lipinski definition) is 1. The van der Waals surface area contributed by atoms with Gasteiger partial charge < -0.3 is 24.7 Å². The third-order valence-corrected chi connectivity index (χ3v) is 3.60. The molecule has 4 atom stereocenters. The molecule has 2 heterocycles. The van der Waals surface area contributed by atoms with Gasteiger partial charge in [-0.3, -0.25) is 0 Å². The molecule has 2 aliphatic rings. The van der Waals surface area contributed by atoms with Gasteiger partial charge in [0, 0.05) is 0 Å². The molecule has 2 N–H and O–H groups in total. The quantitative estimate of drug-likeness (QED) is 0.890. The van der Waals surface area contributed by atoms with Gasteiger partial charge in [0.2, 0.25) is 0 Å². The number of carbonyl (C=O) groups excluding carboxylic acids is 1. The summed E-state index contributed by atoms with van der Waals surface area (Å²) in [6.07, 6.45) is -1.74. The molecule has 2 aliphatic heterocycles. The Hall–Kier alpha value is -1.63. The monoisotopic (exact) mass is 279 g/mol. The van der Waals surface area contributed by atoms with Gasteiger partial charge in [-0.1, -0.05) is 30.3 Å². The Bertz CT molecular complexity index is 466. The van der Waals surface area contributed by atoms with E-state index in [0.29, 0.717) is 19.8 Å². The Morgan fingerprint density at radius 3 is 2.60 bits per heavy atom. The molecule has 3 rings (SSSR count). The van der Waals surface area contributed by atoms with Crippen molar-refractivity contribution in [2.24, 2.45) is 11.7 Å². The number of hydrogen-bond acceptors (Lipinski definition) is 5. The molecule has 2 fully saturated rings. The average Bonchev–Trinajstić information content (AvgIpc) is 3.01. The lowest BCUT2D eigenvalue weighted by Crippen LogP contribution is -2.36. The molecule has 0 aliphatic carbocycles. The molecule has 6 heteroatoms. The maximum Gasteiger partial charge on any atom is 0.404 e. The molecule has 1 aromatic rings. The fraction of sp³-hybridized carbons (Fsp3) is 0.500. The number of benzene rings is 1. The smallest absolute Gasteiger partial charge is 0.404 e. The summed E-state index contributed by atoms with van der Waals surface area (Å²) in [4.78, 5) is 10.9. The van der Waals surface area contributed by atoms with Gasteiger partial charge in [0.1, 0.15) is 6.10 Å². The van der Waals surface area contributed by atoms with Crippen LogP contribution >= 0.6 is 0 Å². The van der Waals surface area contributed by atoms with Crippen LogP contribution in [0.15, 0.2) is 30.3 Å². The van der Waals surface area contributed by atoms with E-state index in [1.165, 1.54) is 0 Å². The van der Waals surface area contributed by atoms with Crippen LogP contribution in [-0.4, -0.2) is 37.8 Å². The summed E-state index contributed by atoms with van der Waals surface area (Å²) in [7, 11) is 0. The molecule has 0 spiro atoms. The van der Waals surface area contributed by atoms with E-state index in [1.54, 1.807) is 0 Å². The molecule has 20 heavy (non-hydrogen) atoms. The number of fused-ring (bicyclic) bond motifs is 1. The Balaban J connectivity index is 1.60. The molecule has 6 nitrogen and oxygen atoms in total. The molecule has 1 amide bonds. The lowest BCUT2D eigenvalue weighted by atomic mass is 10.00. The van der Waals surface area contributed by atoms with E-state index in [0.717, 1.165) is 5.56 Å². The van der Waals surface area contributed by atoms with Crippen molar-refractivity contribution in [3.05, 3.63) is 35.9 Å². The van der Waals surface area contributed by atoms with Crippen LogP contribution < -0.4 is 5.73 Å². The van der Waals surface area contributed by atoms with Gasteiger partial charge in [0.05, 0.1) is 31.8 Å². The minimum absolute atomic E-state index is 0.119. The molecule has 0 saturated carbocycles. The van der Waals surface area contributed by atoms with Crippen LogP contribution in [0.3, 0.4) is 0 Å². The molecular weight excluding hydrogens is 262 g/mol. The Kier molecular flexibility index (Phi) is 3.86. The van der Waals surface area contributed by atoms with E-state index >= 15 is 0 Å². The fourth-order valence-electron chi connectivity index (χ4n) is 2.66. The number of rotatable bonds is 4. The molecule has 4 unspecified atom stereocenters. The predicted octanol–water partition coefficient (Wildman–Crippen LogP) is 1.04. The maximum atomic E-state index is 10.9. The fourth-order valence-corrected chi connectivity index (χ4v) is 2.66. The lowest BCUT2D eigenvalue weighted by molar-refractivity contribution is -0.0916. The van der Waals surface area contributed by atoms with E-state index in [4.69, 9.17) is 24.7 Å². The van der Waals surface area contributed by atoms with Gasteiger partial charge in [-0.25, -0.2) is 4.79 Å². The molecule has 2 saturated heterocycles. The third-order valence-electron chi connectivity index (χ3n) is 3.60. The van der Waals surface area contributed by atoms with Gasteiger partial charge >= 0.3 is 6.09 Å². The van der Waals surface area contributed by atoms with Crippen LogP contribution in [0.1, 0.15) is 5.56 Å². The van der Waals surface area contributed by atoms with E-state index < -0.39 is 12.2 Å². The summed E-state index contributed by atoms with van der Waals surface area (Å²) >= 11 is 0. The second kappa shape index (κ2) is 5.78. The zero-order valence-electron chi connectivity index (χ0n) is 10.9.